The number of carbonyl (C=O) groups excluding carboxylic acids is 2. The van der Waals surface area contributed by atoms with E-state index in [1.807, 2.05) is 12.1 Å². The van der Waals surface area contributed by atoms with E-state index in [1.54, 1.807) is 48.4 Å². The summed E-state index contributed by atoms with van der Waals surface area (Å²) in [6.07, 6.45) is 9.31. The van der Waals surface area contributed by atoms with Crippen molar-refractivity contribution in [1.29, 1.82) is 0 Å². The third kappa shape index (κ3) is 4.25. The molecule has 0 bridgehead atoms. The number of nitrogens with zero attached hydrogens (tertiary/aromatic N) is 1. The SMILES string of the molecule is CC(N)C1(C(=O)N2C[C@@H](c3ccc(F)cc3)C[C@H]2C(=O)N[C@@H]2CCc3ccccc32)C=CC=CN1. The number of halogens is 1. The molecule has 2 aliphatic heterocycles. The number of amides is 2. The molecule has 35 heavy (non-hydrogen) atoms. The summed E-state index contributed by atoms with van der Waals surface area (Å²) in [5, 5.41) is 6.36. The number of hydrogen-bond acceptors (Lipinski definition) is 4. The Kier molecular flexibility index (Phi) is 6.19. The number of rotatable bonds is 5. The fraction of sp³-hybridized carbons (Fsp3) is 0.357. The van der Waals surface area contributed by atoms with Crippen LogP contribution in [-0.2, 0) is 16.0 Å². The zero-order valence-corrected chi connectivity index (χ0v) is 19.8. The molecular weight excluding hydrogens is 443 g/mol. The first-order valence-electron chi connectivity index (χ1n) is 12.2. The average Bonchev–Trinajstić information content (AvgIpc) is 3.49. The van der Waals surface area contributed by atoms with Crippen molar-refractivity contribution >= 4 is 11.8 Å². The summed E-state index contributed by atoms with van der Waals surface area (Å²) in [7, 11) is 0. The number of likely N-dealkylation sites (tertiary alicyclic amines) is 1. The van der Waals surface area contributed by atoms with Crippen LogP contribution < -0.4 is 16.4 Å². The van der Waals surface area contributed by atoms with Crippen LogP contribution in [0, 0.1) is 5.82 Å². The Morgan fingerprint density at radius 3 is 2.66 bits per heavy atom. The molecule has 7 heteroatoms. The van der Waals surface area contributed by atoms with Gasteiger partial charge in [0.15, 0.2) is 5.54 Å². The first kappa shape index (κ1) is 23.3. The number of aryl methyl sites for hydroxylation is 1. The standard InChI is InChI=1S/C28H31FN4O2/c1-18(30)28(14-4-5-15-31-28)27(35)33-17-21(19-8-11-22(29)12-9-19)16-25(33)26(34)32-24-13-10-20-6-2-3-7-23(20)24/h2-9,11-12,14-15,18,21,24-25,31H,10,13,16-17,30H2,1H3,(H,32,34)/t18?,21-,24+,25-,28?/m0/s1. The summed E-state index contributed by atoms with van der Waals surface area (Å²) in [6, 6.07) is 13.2. The van der Waals surface area contributed by atoms with Crippen LogP contribution in [0.4, 0.5) is 4.39 Å². The fourth-order valence-electron chi connectivity index (χ4n) is 5.61. The highest BCUT2D eigenvalue weighted by Crippen LogP contribution is 2.36. The van der Waals surface area contributed by atoms with Gasteiger partial charge in [-0.25, -0.2) is 4.39 Å². The van der Waals surface area contributed by atoms with Gasteiger partial charge in [-0.05, 0) is 73.4 Å². The highest BCUT2D eigenvalue weighted by atomic mass is 19.1. The number of hydrogen-bond donors (Lipinski definition) is 3. The lowest BCUT2D eigenvalue weighted by atomic mass is 9.87. The Balaban J connectivity index is 1.43. The van der Waals surface area contributed by atoms with E-state index >= 15 is 0 Å². The average molecular weight is 475 g/mol. The topological polar surface area (TPSA) is 87.5 Å². The Hall–Kier alpha value is -3.45. The molecule has 0 radical (unpaired) electrons. The molecular formula is C28H31FN4O2. The number of carbonyl (C=O) groups is 2. The molecule has 5 atom stereocenters. The van der Waals surface area contributed by atoms with Crippen molar-refractivity contribution in [2.45, 2.75) is 55.8 Å². The molecule has 4 N–H and O–H groups in total. The molecule has 182 valence electrons. The lowest BCUT2D eigenvalue weighted by molar-refractivity contribution is -0.142. The lowest BCUT2D eigenvalue weighted by Crippen LogP contribution is -2.66. The van der Waals surface area contributed by atoms with Crippen molar-refractivity contribution in [2.75, 3.05) is 6.54 Å². The lowest BCUT2D eigenvalue weighted by Gasteiger charge is -2.39. The minimum Gasteiger partial charge on any atom is -0.373 e. The van der Waals surface area contributed by atoms with Crippen molar-refractivity contribution in [1.82, 2.24) is 15.5 Å². The van der Waals surface area contributed by atoms with E-state index in [1.165, 1.54) is 17.7 Å². The van der Waals surface area contributed by atoms with E-state index in [0.29, 0.717) is 13.0 Å². The summed E-state index contributed by atoms with van der Waals surface area (Å²) in [4.78, 5) is 29.3. The summed E-state index contributed by atoms with van der Waals surface area (Å²) >= 11 is 0. The maximum absolute atomic E-state index is 14.0. The first-order valence-corrected chi connectivity index (χ1v) is 12.2. The van der Waals surface area contributed by atoms with Gasteiger partial charge in [-0.3, -0.25) is 9.59 Å². The van der Waals surface area contributed by atoms with Crippen LogP contribution in [0.1, 0.15) is 48.4 Å². The van der Waals surface area contributed by atoms with Gasteiger partial charge in [0, 0.05) is 18.5 Å². The maximum atomic E-state index is 14.0. The van der Waals surface area contributed by atoms with Crippen LogP contribution in [0.2, 0.25) is 0 Å². The number of nitrogens with one attached hydrogen (secondary N) is 2. The van der Waals surface area contributed by atoms with Crippen LogP contribution in [0.15, 0.2) is 73.0 Å². The van der Waals surface area contributed by atoms with Gasteiger partial charge in [-0.2, -0.15) is 0 Å². The third-order valence-corrected chi connectivity index (χ3v) is 7.62. The van der Waals surface area contributed by atoms with E-state index in [2.05, 4.69) is 22.8 Å². The molecule has 2 aromatic carbocycles. The molecule has 6 nitrogen and oxygen atoms in total. The van der Waals surface area contributed by atoms with Crippen molar-refractivity contribution in [2.24, 2.45) is 5.73 Å². The Labute approximate surface area is 205 Å². The summed E-state index contributed by atoms with van der Waals surface area (Å²) in [5.74, 6) is -0.794. The van der Waals surface area contributed by atoms with Gasteiger partial charge in [-0.15, -0.1) is 0 Å². The number of fused-ring (bicyclic) bond motifs is 1. The van der Waals surface area contributed by atoms with Gasteiger partial charge in [0.05, 0.1) is 6.04 Å². The number of nitrogens with two attached hydrogens (primary N) is 1. The Morgan fingerprint density at radius 1 is 1.17 bits per heavy atom. The van der Waals surface area contributed by atoms with E-state index in [9.17, 15) is 14.0 Å². The molecule has 3 aliphatic rings. The van der Waals surface area contributed by atoms with Crippen molar-refractivity contribution in [3.05, 3.63) is 95.5 Å². The number of benzene rings is 2. The van der Waals surface area contributed by atoms with Crippen LogP contribution in [-0.4, -0.2) is 40.9 Å². The Bertz CT molecular complexity index is 1180. The first-order chi connectivity index (χ1) is 16.9. The van der Waals surface area contributed by atoms with E-state index in [4.69, 9.17) is 5.73 Å². The molecule has 0 spiro atoms. The highest BCUT2D eigenvalue weighted by Gasteiger charge is 2.49. The molecule has 2 aromatic rings. The quantitative estimate of drug-likeness (QED) is 0.622. The van der Waals surface area contributed by atoms with E-state index in [0.717, 1.165) is 24.0 Å². The largest absolute Gasteiger partial charge is 0.373 e. The second kappa shape index (κ2) is 9.30. The van der Waals surface area contributed by atoms with Crippen LogP contribution in [0.25, 0.3) is 0 Å². The summed E-state index contributed by atoms with van der Waals surface area (Å²) in [6.45, 7) is 2.14. The van der Waals surface area contributed by atoms with Gasteiger partial charge in [-0.1, -0.05) is 42.5 Å². The van der Waals surface area contributed by atoms with Gasteiger partial charge >= 0.3 is 0 Å². The van der Waals surface area contributed by atoms with Crippen molar-refractivity contribution in [3.63, 3.8) is 0 Å². The van der Waals surface area contributed by atoms with Gasteiger partial charge < -0.3 is 21.3 Å². The molecule has 5 rings (SSSR count). The summed E-state index contributed by atoms with van der Waals surface area (Å²) in [5.41, 5.74) is 8.47. The smallest absolute Gasteiger partial charge is 0.254 e. The predicted molar refractivity (Wildman–Crippen MR) is 133 cm³/mol. The van der Waals surface area contributed by atoms with Crippen LogP contribution in [0.3, 0.4) is 0 Å². The molecule has 2 heterocycles. The van der Waals surface area contributed by atoms with Gasteiger partial charge in [0.1, 0.15) is 11.9 Å². The minimum absolute atomic E-state index is 0.0708. The Morgan fingerprint density at radius 2 is 1.94 bits per heavy atom. The fourth-order valence-corrected chi connectivity index (χ4v) is 5.61. The molecule has 0 saturated carbocycles. The monoisotopic (exact) mass is 474 g/mol. The molecule has 1 aliphatic carbocycles. The van der Waals surface area contributed by atoms with Crippen molar-refractivity contribution < 1.29 is 14.0 Å². The normalized spacial score (nSPS) is 27.9. The second-order valence-electron chi connectivity index (χ2n) is 9.78. The van der Waals surface area contributed by atoms with E-state index in [-0.39, 0.29) is 29.6 Å². The molecule has 1 fully saturated rings. The molecule has 1 saturated heterocycles. The van der Waals surface area contributed by atoms with E-state index < -0.39 is 17.6 Å². The van der Waals surface area contributed by atoms with Gasteiger partial charge in [0.2, 0.25) is 5.91 Å². The zero-order chi connectivity index (χ0) is 24.6. The number of allylic oxidation sites excluding steroid dienone is 2. The number of dihydropyridines is 1. The van der Waals surface area contributed by atoms with Crippen molar-refractivity contribution in [3.8, 4) is 0 Å². The van der Waals surface area contributed by atoms with Crippen LogP contribution >= 0.6 is 0 Å². The zero-order valence-electron chi connectivity index (χ0n) is 19.8. The van der Waals surface area contributed by atoms with Crippen LogP contribution in [0.5, 0.6) is 0 Å². The highest BCUT2D eigenvalue weighted by molar-refractivity contribution is 5.95. The molecule has 0 aromatic heterocycles. The predicted octanol–water partition coefficient (Wildman–Crippen LogP) is 3.07. The van der Waals surface area contributed by atoms with Gasteiger partial charge in [0.25, 0.3) is 5.91 Å². The summed E-state index contributed by atoms with van der Waals surface area (Å²) < 4.78 is 13.5. The molecule has 2 unspecified atom stereocenters. The second-order valence-corrected chi connectivity index (χ2v) is 9.78. The maximum Gasteiger partial charge on any atom is 0.254 e. The third-order valence-electron chi connectivity index (χ3n) is 7.62. The minimum atomic E-state index is -1.13. The molecule has 2 amide bonds.